The number of phenols is 2. The fourth-order valence-electron chi connectivity index (χ4n) is 3.56. The van der Waals surface area contributed by atoms with Gasteiger partial charge in [-0.15, -0.1) is 0 Å². The van der Waals surface area contributed by atoms with Crippen LogP contribution in [0, 0.1) is 11.8 Å². The van der Waals surface area contributed by atoms with Crippen LogP contribution < -0.4 is 9.47 Å². The number of rotatable bonds is 6. The van der Waals surface area contributed by atoms with Crippen molar-refractivity contribution in [3.8, 4) is 23.0 Å². The highest BCUT2D eigenvalue weighted by atomic mass is 16.5. The maximum atomic E-state index is 9.95. The number of benzene rings is 2. The summed E-state index contributed by atoms with van der Waals surface area (Å²) in [5.41, 5.74) is 1.78. The summed E-state index contributed by atoms with van der Waals surface area (Å²) < 4.78 is 16.3. The quantitative estimate of drug-likeness (QED) is 0.734. The molecule has 1 aliphatic heterocycles. The summed E-state index contributed by atoms with van der Waals surface area (Å²) in [4.78, 5) is 0. The van der Waals surface area contributed by atoms with Crippen LogP contribution in [-0.2, 0) is 11.2 Å². The molecule has 3 atom stereocenters. The van der Waals surface area contributed by atoms with Gasteiger partial charge in [-0.05, 0) is 47.7 Å². The number of aromatic hydroxyl groups is 2. The molecule has 0 aliphatic carbocycles. The molecule has 0 spiro atoms. The van der Waals surface area contributed by atoms with Crippen LogP contribution in [0.1, 0.15) is 17.2 Å². The number of methoxy groups -OCH3 is 2. The lowest BCUT2D eigenvalue weighted by molar-refractivity contribution is 0.0715. The van der Waals surface area contributed by atoms with E-state index < -0.39 is 0 Å². The second-order valence-electron chi connectivity index (χ2n) is 6.54. The van der Waals surface area contributed by atoms with Crippen molar-refractivity contribution < 1.29 is 29.5 Å². The number of ether oxygens (including phenoxy) is 3. The second-order valence-corrected chi connectivity index (χ2v) is 6.54. The number of hydrogen-bond donors (Lipinski definition) is 3. The monoisotopic (exact) mass is 360 g/mol. The molecular formula is C20H24O6. The average molecular weight is 360 g/mol. The van der Waals surface area contributed by atoms with E-state index in [1.54, 1.807) is 25.3 Å². The van der Waals surface area contributed by atoms with E-state index in [9.17, 15) is 15.3 Å². The third kappa shape index (κ3) is 3.71. The van der Waals surface area contributed by atoms with Gasteiger partial charge >= 0.3 is 0 Å². The Morgan fingerprint density at radius 3 is 2.58 bits per heavy atom. The van der Waals surface area contributed by atoms with Crippen LogP contribution in [0.3, 0.4) is 0 Å². The maximum absolute atomic E-state index is 9.95. The lowest BCUT2D eigenvalue weighted by atomic mass is 9.84. The highest BCUT2D eigenvalue weighted by Gasteiger charge is 2.38. The molecule has 3 rings (SSSR count). The number of phenolic OH excluding ortho intramolecular Hbond substituents is 2. The van der Waals surface area contributed by atoms with Crippen LogP contribution in [0.15, 0.2) is 36.4 Å². The van der Waals surface area contributed by atoms with Crippen molar-refractivity contribution in [3.63, 3.8) is 0 Å². The smallest absolute Gasteiger partial charge is 0.160 e. The highest BCUT2D eigenvalue weighted by molar-refractivity contribution is 5.42. The lowest BCUT2D eigenvalue weighted by Gasteiger charge is -2.22. The molecule has 1 aliphatic rings. The Morgan fingerprint density at radius 1 is 1.08 bits per heavy atom. The SMILES string of the molecule is COc1cc(O)cc([C@H]2OC[C@H](Cc3ccc(O)c(OC)c3)[C@@H]2CO)c1. The first-order valence-corrected chi connectivity index (χ1v) is 8.52. The Kier molecular flexibility index (Phi) is 5.54. The number of hydrogen-bond acceptors (Lipinski definition) is 6. The number of aliphatic hydroxyl groups excluding tert-OH is 1. The molecular weight excluding hydrogens is 336 g/mol. The van der Waals surface area contributed by atoms with Crippen LogP contribution in [0.4, 0.5) is 0 Å². The molecule has 26 heavy (non-hydrogen) atoms. The van der Waals surface area contributed by atoms with E-state index in [-0.39, 0.29) is 36.0 Å². The van der Waals surface area contributed by atoms with Crippen molar-refractivity contribution >= 4 is 0 Å². The molecule has 0 amide bonds. The van der Waals surface area contributed by atoms with Crippen LogP contribution >= 0.6 is 0 Å². The standard InChI is InChI=1S/C20H24O6/c1-24-16-8-13(7-15(22)9-16)20-17(10-21)14(11-26-20)5-12-3-4-18(23)19(6-12)25-2/h3-4,6-9,14,17,20-23H,5,10-11H2,1-2H3/t14-,17-,20+/m0/s1. The fraction of sp³-hybridized carbons (Fsp3) is 0.400. The summed E-state index contributed by atoms with van der Waals surface area (Å²) in [6.07, 6.45) is 0.374. The zero-order valence-electron chi connectivity index (χ0n) is 14.9. The van der Waals surface area contributed by atoms with Gasteiger partial charge in [-0.1, -0.05) is 6.07 Å². The van der Waals surface area contributed by atoms with Gasteiger partial charge in [-0.3, -0.25) is 0 Å². The predicted molar refractivity (Wildman–Crippen MR) is 95.8 cm³/mol. The van der Waals surface area contributed by atoms with Gasteiger partial charge in [0, 0.05) is 18.6 Å². The van der Waals surface area contributed by atoms with Gasteiger partial charge in [0.2, 0.25) is 0 Å². The normalized spacial score (nSPS) is 22.3. The van der Waals surface area contributed by atoms with Gasteiger partial charge in [0.15, 0.2) is 11.5 Å². The largest absolute Gasteiger partial charge is 0.508 e. The molecule has 3 N–H and O–H groups in total. The predicted octanol–water partition coefficient (Wildman–Crippen LogP) is 2.65. The Morgan fingerprint density at radius 2 is 1.88 bits per heavy atom. The van der Waals surface area contributed by atoms with Crippen molar-refractivity contribution in [1.82, 2.24) is 0 Å². The van der Waals surface area contributed by atoms with Crippen molar-refractivity contribution in [3.05, 3.63) is 47.5 Å². The first-order valence-electron chi connectivity index (χ1n) is 8.52. The average Bonchev–Trinajstić information content (AvgIpc) is 3.05. The molecule has 1 heterocycles. The van der Waals surface area contributed by atoms with Crippen LogP contribution in [0.25, 0.3) is 0 Å². The minimum Gasteiger partial charge on any atom is -0.508 e. The zero-order valence-corrected chi connectivity index (χ0v) is 14.9. The molecule has 140 valence electrons. The van der Waals surface area contributed by atoms with E-state index in [1.807, 2.05) is 12.1 Å². The second kappa shape index (κ2) is 7.85. The summed E-state index contributed by atoms with van der Waals surface area (Å²) in [5, 5.41) is 29.6. The molecule has 2 aromatic rings. The summed E-state index contributed by atoms with van der Waals surface area (Å²) in [7, 11) is 3.05. The van der Waals surface area contributed by atoms with E-state index in [4.69, 9.17) is 14.2 Å². The third-order valence-corrected chi connectivity index (χ3v) is 4.91. The molecule has 1 saturated heterocycles. The summed E-state index contributed by atoms with van der Waals surface area (Å²) in [5.74, 6) is 1.17. The highest BCUT2D eigenvalue weighted by Crippen LogP contribution is 2.42. The first-order chi connectivity index (χ1) is 12.5. The molecule has 0 saturated carbocycles. The van der Waals surface area contributed by atoms with Gasteiger partial charge in [0.1, 0.15) is 11.5 Å². The minimum absolute atomic E-state index is 0.0253. The van der Waals surface area contributed by atoms with E-state index in [0.29, 0.717) is 24.5 Å². The Bertz CT molecular complexity index is 760. The van der Waals surface area contributed by atoms with E-state index in [2.05, 4.69) is 0 Å². The maximum Gasteiger partial charge on any atom is 0.160 e. The molecule has 2 aromatic carbocycles. The first kappa shape index (κ1) is 18.4. The van der Waals surface area contributed by atoms with Crippen LogP contribution in [0.5, 0.6) is 23.0 Å². The van der Waals surface area contributed by atoms with Crippen molar-refractivity contribution in [2.24, 2.45) is 11.8 Å². The Labute approximate surface area is 152 Å². The Hall–Kier alpha value is -2.44. The molecule has 6 nitrogen and oxygen atoms in total. The minimum atomic E-state index is -0.315. The van der Waals surface area contributed by atoms with Gasteiger partial charge in [0.05, 0.1) is 26.9 Å². The van der Waals surface area contributed by atoms with E-state index in [0.717, 1.165) is 11.1 Å². The molecule has 6 heteroatoms. The van der Waals surface area contributed by atoms with Crippen LogP contribution in [-0.4, -0.2) is 42.8 Å². The van der Waals surface area contributed by atoms with Gasteiger partial charge < -0.3 is 29.5 Å². The molecule has 0 unspecified atom stereocenters. The molecule has 0 radical (unpaired) electrons. The van der Waals surface area contributed by atoms with Crippen LogP contribution in [0.2, 0.25) is 0 Å². The molecule has 0 aromatic heterocycles. The topological polar surface area (TPSA) is 88.4 Å². The van der Waals surface area contributed by atoms with Crippen molar-refractivity contribution in [1.29, 1.82) is 0 Å². The third-order valence-electron chi connectivity index (χ3n) is 4.91. The zero-order chi connectivity index (χ0) is 18.7. The van der Waals surface area contributed by atoms with Gasteiger partial charge in [-0.25, -0.2) is 0 Å². The van der Waals surface area contributed by atoms with Crippen molar-refractivity contribution in [2.75, 3.05) is 27.4 Å². The molecule has 0 bridgehead atoms. The summed E-state index contributed by atoms with van der Waals surface area (Å²) in [6, 6.07) is 10.2. The summed E-state index contributed by atoms with van der Waals surface area (Å²) >= 11 is 0. The molecule has 1 fully saturated rings. The number of aliphatic hydroxyl groups is 1. The van der Waals surface area contributed by atoms with E-state index in [1.165, 1.54) is 13.2 Å². The fourth-order valence-corrected chi connectivity index (χ4v) is 3.56. The Balaban J connectivity index is 1.80. The summed E-state index contributed by atoms with van der Waals surface area (Å²) in [6.45, 7) is 0.472. The van der Waals surface area contributed by atoms with E-state index >= 15 is 0 Å². The lowest BCUT2D eigenvalue weighted by Crippen LogP contribution is -2.21. The van der Waals surface area contributed by atoms with Gasteiger partial charge in [0.25, 0.3) is 0 Å². The van der Waals surface area contributed by atoms with Gasteiger partial charge in [-0.2, -0.15) is 0 Å². The van der Waals surface area contributed by atoms with Crippen molar-refractivity contribution in [2.45, 2.75) is 12.5 Å².